The van der Waals surface area contributed by atoms with E-state index in [2.05, 4.69) is 0 Å². The fraction of sp³-hybridized carbons (Fsp3) is 0.333. The predicted molar refractivity (Wildman–Crippen MR) is 46.9 cm³/mol. The van der Waals surface area contributed by atoms with E-state index in [9.17, 15) is 26.3 Å². The highest BCUT2D eigenvalue weighted by Crippen LogP contribution is 2.51. The minimum atomic E-state index is -5.92. The molecular formula is C9H7F6NO. The second kappa shape index (κ2) is 3.80. The summed E-state index contributed by atoms with van der Waals surface area (Å²) >= 11 is 0. The van der Waals surface area contributed by atoms with Gasteiger partial charge in [-0.05, 0) is 6.07 Å². The van der Waals surface area contributed by atoms with Crippen LogP contribution in [0.1, 0.15) is 5.56 Å². The van der Waals surface area contributed by atoms with Crippen LogP contribution < -0.4 is 5.73 Å². The van der Waals surface area contributed by atoms with E-state index < -0.39 is 29.2 Å². The number of alkyl halides is 6. The van der Waals surface area contributed by atoms with Gasteiger partial charge in [0.2, 0.25) is 0 Å². The normalized spacial score (nSPS) is 13.8. The first kappa shape index (κ1) is 13.6. The van der Waals surface area contributed by atoms with Crippen LogP contribution in [0.3, 0.4) is 0 Å². The maximum atomic E-state index is 12.4. The third-order valence-electron chi connectivity index (χ3n) is 2.17. The van der Waals surface area contributed by atoms with Gasteiger partial charge in [0.1, 0.15) is 0 Å². The Morgan fingerprint density at radius 1 is 0.882 bits per heavy atom. The quantitative estimate of drug-likeness (QED) is 0.601. The lowest BCUT2D eigenvalue weighted by Crippen LogP contribution is -2.54. The van der Waals surface area contributed by atoms with Gasteiger partial charge in [0, 0.05) is 11.3 Å². The van der Waals surface area contributed by atoms with E-state index in [1.54, 1.807) is 0 Å². The standard InChI is InChI=1S/C9H7F6NO/c10-8(11,12)7(17,9(13,14)15)5-3-1-2-4-6(5)16/h1-4,17H,16H2. The third-order valence-corrected chi connectivity index (χ3v) is 2.17. The molecule has 0 saturated carbocycles. The molecule has 1 aromatic rings. The van der Waals surface area contributed by atoms with Gasteiger partial charge in [-0.15, -0.1) is 0 Å². The Morgan fingerprint density at radius 2 is 1.29 bits per heavy atom. The maximum absolute atomic E-state index is 12.4. The van der Waals surface area contributed by atoms with Crippen molar-refractivity contribution in [2.24, 2.45) is 0 Å². The molecule has 0 fully saturated rings. The van der Waals surface area contributed by atoms with Gasteiger partial charge in [-0.25, -0.2) is 0 Å². The number of benzene rings is 1. The number of rotatable bonds is 1. The summed E-state index contributed by atoms with van der Waals surface area (Å²) in [6, 6.07) is 3.41. The van der Waals surface area contributed by atoms with Crippen LogP contribution in [-0.4, -0.2) is 17.5 Å². The van der Waals surface area contributed by atoms with Gasteiger partial charge in [0.15, 0.2) is 0 Å². The molecule has 0 atom stereocenters. The Bertz CT molecular complexity index is 397. The number of nitrogens with two attached hydrogens (primary N) is 1. The maximum Gasteiger partial charge on any atom is 0.430 e. The van der Waals surface area contributed by atoms with Crippen molar-refractivity contribution in [1.29, 1.82) is 0 Å². The Balaban J connectivity index is 3.53. The summed E-state index contributed by atoms with van der Waals surface area (Å²) in [5.74, 6) is 0. The number of halogens is 6. The number of nitrogen functional groups attached to an aromatic ring is 1. The molecule has 0 bridgehead atoms. The number of anilines is 1. The Hall–Kier alpha value is -1.44. The van der Waals surface area contributed by atoms with Crippen LogP contribution in [0.5, 0.6) is 0 Å². The minimum Gasteiger partial charge on any atom is -0.398 e. The number of hydrogen-bond donors (Lipinski definition) is 2. The van der Waals surface area contributed by atoms with Gasteiger partial charge >= 0.3 is 12.4 Å². The lowest BCUT2D eigenvalue weighted by Gasteiger charge is -2.33. The Morgan fingerprint density at radius 3 is 1.65 bits per heavy atom. The van der Waals surface area contributed by atoms with Gasteiger partial charge in [-0.2, -0.15) is 26.3 Å². The Kier molecular flexibility index (Phi) is 3.04. The van der Waals surface area contributed by atoms with Crippen molar-refractivity contribution in [2.45, 2.75) is 18.0 Å². The minimum absolute atomic E-state index is 0.482. The van der Waals surface area contributed by atoms with E-state index in [4.69, 9.17) is 10.8 Å². The molecule has 0 saturated heterocycles. The average molecular weight is 259 g/mol. The van der Waals surface area contributed by atoms with Crippen LogP contribution >= 0.6 is 0 Å². The summed E-state index contributed by atoms with van der Waals surface area (Å²) < 4.78 is 74.6. The zero-order valence-electron chi connectivity index (χ0n) is 8.10. The SMILES string of the molecule is Nc1ccccc1C(O)(C(F)(F)F)C(F)(F)F. The second-order valence-corrected chi connectivity index (χ2v) is 3.29. The molecule has 0 spiro atoms. The first-order valence-electron chi connectivity index (χ1n) is 4.22. The van der Waals surface area contributed by atoms with Crippen LogP contribution in [0, 0.1) is 0 Å². The molecule has 2 nitrogen and oxygen atoms in total. The molecule has 0 aliphatic carbocycles. The lowest BCUT2D eigenvalue weighted by atomic mass is 9.91. The van der Waals surface area contributed by atoms with Crippen molar-refractivity contribution in [3.05, 3.63) is 29.8 Å². The van der Waals surface area contributed by atoms with E-state index in [-0.39, 0.29) is 0 Å². The summed E-state index contributed by atoms with van der Waals surface area (Å²) in [6.45, 7) is 0. The van der Waals surface area contributed by atoms with Crippen molar-refractivity contribution in [3.63, 3.8) is 0 Å². The van der Waals surface area contributed by atoms with E-state index in [1.165, 1.54) is 0 Å². The van der Waals surface area contributed by atoms with Gasteiger partial charge in [-0.3, -0.25) is 0 Å². The summed E-state index contributed by atoms with van der Waals surface area (Å²) in [4.78, 5) is 0. The van der Waals surface area contributed by atoms with E-state index >= 15 is 0 Å². The average Bonchev–Trinajstić information content (AvgIpc) is 2.13. The predicted octanol–water partition coefficient (Wildman–Crippen LogP) is 2.58. The van der Waals surface area contributed by atoms with Crippen molar-refractivity contribution in [2.75, 3.05) is 5.73 Å². The molecule has 17 heavy (non-hydrogen) atoms. The van der Waals surface area contributed by atoms with Crippen LogP contribution in [0.25, 0.3) is 0 Å². The van der Waals surface area contributed by atoms with Crippen molar-refractivity contribution in [3.8, 4) is 0 Å². The summed E-state index contributed by atoms with van der Waals surface area (Å²) in [7, 11) is 0. The highest BCUT2D eigenvalue weighted by molar-refractivity contribution is 5.51. The zero-order valence-corrected chi connectivity index (χ0v) is 8.10. The molecule has 0 aliphatic heterocycles. The molecule has 0 aliphatic rings. The summed E-state index contributed by atoms with van der Waals surface area (Å²) in [5.41, 5.74) is -2.14. The smallest absolute Gasteiger partial charge is 0.398 e. The van der Waals surface area contributed by atoms with E-state index in [0.717, 1.165) is 18.2 Å². The lowest BCUT2D eigenvalue weighted by molar-refractivity contribution is -0.376. The highest BCUT2D eigenvalue weighted by Gasteiger charge is 2.71. The number of para-hydroxylation sites is 1. The molecular weight excluding hydrogens is 252 g/mol. The molecule has 8 heteroatoms. The topological polar surface area (TPSA) is 46.2 Å². The second-order valence-electron chi connectivity index (χ2n) is 3.29. The van der Waals surface area contributed by atoms with Crippen LogP contribution in [-0.2, 0) is 5.60 Å². The molecule has 1 aromatic carbocycles. The summed E-state index contributed by atoms with van der Waals surface area (Å²) in [6.07, 6.45) is -11.8. The molecule has 0 heterocycles. The van der Waals surface area contributed by atoms with Crippen molar-refractivity contribution in [1.82, 2.24) is 0 Å². The van der Waals surface area contributed by atoms with Gasteiger partial charge < -0.3 is 10.8 Å². The van der Waals surface area contributed by atoms with E-state index in [1.807, 2.05) is 0 Å². The summed E-state index contributed by atoms with van der Waals surface area (Å²) in [5, 5.41) is 9.01. The molecule has 0 amide bonds. The van der Waals surface area contributed by atoms with Gasteiger partial charge in [0.25, 0.3) is 5.60 Å². The van der Waals surface area contributed by atoms with Crippen LogP contribution in [0.2, 0.25) is 0 Å². The fourth-order valence-corrected chi connectivity index (χ4v) is 1.29. The van der Waals surface area contributed by atoms with Gasteiger partial charge in [0.05, 0.1) is 0 Å². The number of aliphatic hydroxyl groups is 1. The van der Waals surface area contributed by atoms with Crippen molar-refractivity contribution < 1.29 is 31.4 Å². The first-order chi connectivity index (χ1) is 7.52. The molecule has 96 valence electrons. The number of hydrogen-bond acceptors (Lipinski definition) is 2. The molecule has 0 aromatic heterocycles. The molecule has 0 radical (unpaired) electrons. The van der Waals surface area contributed by atoms with Crippen LogP contribution in [0.4, 0.5) is 32.0 Å². The monoisotopic (exact) mass is 259 g/mol. The first-order valence-corrected chi connectivity index (χ1v) is 4.22. The van der Waals surface area contributed by atoms with Crippen molar-refractivity contribution >= 4 is 5.69 Å². The molecule has 0 unspecified atom stereocenters. The highest BCUT2D eigenvalue weighted by atomic mass is 19.4. The van der Waals surface area contributed by atoms with Gasteiger partial charge in [-0.1, -0.05) is 18.2 Å². The zero-order chi connectivity index (χ0) is 13.5. The third kappa shape index (κ3) is 2.04. The molecule has 1 rings (SSSR count). The largest absolute Gasteiger partial charge is 0.430 e. The van der Waals surface area contributed by atoms with Crippen LogP contribution in [0.15, 0.2) is 24.3 Å². The Labute approximate surface area is 91.7 Å². The fourth-order valence-electron chi connectivity index (χ4n) is 1.29. The molecule has 3 N–H and O–H groups in total. The van der Waals surface area contributed by atoms with E-state index in [0.29, 0.717) is 6.07 Å².